The number of hydrogen-bond acceptors (Lipinski definition) is 3. The number of benzene rings is 1. The summed E-state index contributed by atoms with van der Waals surface area (Å²) in [6, 6.07) is 5.18. The van der Waals surface area contributed by atoms with Crippen molar-refractivity contribution in [2.45, 2.75) is 55.9 Å². The number of rotatable bonds is 6. The zero-order valence-corrected chi connectivity index (χ0v) is 17.3. The van der Waals surface area contributed by atoms with E-state index in [1.807, 2.05) is 0 Å². The summed E-state index contributed by atoms with van der Waals surface area (Å²) in [6.07, 6.45) is 6.93. The van der Waals surface area contributed by atoms with E-state index in [0.717, 1.165) is 25.7 Å². The summed E-state index contributed by atoms with van der Waals surface area (Å²) in [5, 5.41) is 3.01. The Labute approximate surface area is 160 Å². The Morgan fingerprint density at radius 3 is 2.46 bits per heavy atom. The van der Waals surface area contributed by atoms with E-state index in [1.165, 1.54) is 18.9 Å². The summed E-state index contributed by atoms with van der Waals surface area (Å²) in [7, 11) is -3.65. The summed E-state index contributed by atoms with van der Waals surface area (Å²) in [5.74, 6) is -0.0992. The van der Waals surface area contributed by atoms with Crippen molar-refractivity contribution in [3.05, 3.63) is 27.1 Å². The summed E-state index contributed by atoms with van der Waals surface area (Å²) in [5.41, 5.74) is 0. The lowest BCUT2D eigenvalue weighted by atomic mass is 10.1. The lowest BCUT2D eigenvalue weighted by molar-refractivity contribution is -0.121. The molecule has 0 spiro atoms. The van der Waals surface area contributed by atoms with Crippen LogP contribution < -0.4 is 10.0 Å². The van der Waals surface area contributed by atoms with E-state index in [2.05, 4.69) is 41.9 Å². The number of sulfonamides is 1. The molecule has 1 aliphatic carbocycles. The van der Waals surface area contributed by atoms with E-state index in [9.17, 15) is 13.2 Å². The molecule has 2 N–H and O–H groups in total. The highest BCUT2D eigenvalue weighted by Gasteiger charge is 2.19. The van der Waals surface area contributed by atoms with Gasteiger partial charge >= 0.3 is 0 Å². The second-order valence-corrected chi connectivity index (χ2v) is 9.48. The first-order valence-corrected chi connectivity index (χ1v) is 11.2. The Balaban J connectivity index is 1.84. The number of carbonyl (C=O) groups excluding carboxylic acids is 1. The Morgan fingerprint density at radius 2 is 1.79 bits per heavy atom. The summed E-state index contributed by atoms with van der Waals surface area (Å²) in [6.45, 7) is 0.0832. The van der Waals surface area contributed by atoms with E-state index >= 15 is 0 Å². The smallest absolute Gasteiger partial charge is 0.241 e. The Bertz CT molecular complexity index is 672. The summed E-state index contributed by atoms with van der Waals surface area (Å²) in [4.78, 5) is 12.2. The van der Waals surface area contributed by atoms with Crippen molar-refractivity contribution in [2.75, 3.05) is 6.54 Å². The summed E-state index contributed by atoms with van der Waals surface area (Å²) < 4.78 is 28.3. The van der Waals surface area contributed by atoms with Crippen LogP contribution in [-0.2, 0) is 14.8 Å². The van der Waals surface area contributed by atoms with Gasteiger partial charge in [-0.2, -0.15) is 0 Å². The molecule has 1 fully saturated rings. The lowest BCUT2D eigenvalue weighted by Crippen LogP contribution is -2.36. The maximum atomic E-state index is 12.3. The number of carbonyl (C=O) groups is 1. The van der Waals surface area contributed by atoms with Crippen LogP contribution in [0.2, 0.25) is 0 Å². The fourth-order valence-electron chi connectivity index (χ4n) is 2.78. The van der Waals surface area contributed by atoms with Gasteiger partial charge in [-0.1, -0.05) is 41.6 Å². The van der Waals surface area contributed by atoms with Crippen LogP contribution in [0.4, 0.5) is 0 Å². The van der Waals surface area contributed by atoms with Crippen molar-refractivity contribution in [3.8, 4) is 0 Å². The van der Waals surface area contributed by atoms with Crippen molar-refractivity contribution in [3.63, 3.8) is 0 Å². The minimum atomic E-state index is -3.65. The number of hydrogen-bond donors (Lipinski definition) is 2. The normalized spacial score (nSPS) is 16.6. The molecule has 1 aromatic rings. The van der Waals surface area contributed by atoms with Crippen molar-refractivity contribution in [1.82, 2.24) is 10.0 Å². The second-order valence-electron chi connectivity index (χ2n) is 5.98. The first-order valence-electron chi connectivity index (χ1n) is 8.12. The van der Waals surface area contributed by atoms with Gasteiger partial charge < -0.3 is 5.32 Å². The molecule has 0 bridgehead atoms. The predicted octanol–water partition coefficient (Wildman–Crippen LogP) is 3.72. The molecule has 1 aliphatic rings. The fraction of sp³-hybridized carbons (Fsp3) is 0.562. The van der Waals surface area contributed by atoms with Gasteiger partial charge in [0.15, 0.2) is 0 Å². The van der Waals surface area contributed by atoms with Gasteiger partial charge in [0.05, 0.1) is 4.90 Å². The van der Waals surface area contributed by atoms with Crippen molar-refractivity contribution < 1.29 is 13.2 Å². The molecule has 5 nitrogen and oxygen atoms in total. The standard InChI is InChI=1S/C16H22Br2N2O3S/c17-12-7-8-14(18)15(11-12)24(22,23)19-10-9-16(21)20-13-5-3-1-2-4-6-13/h7-8,11,13,19H,1-6,9-10H2,(H,20,21). The van der Waals surface area contributed by atoms with Gasteiger partial charge in [-0.15, -0.1) is 0 Å². The number of nitrogens with one attached hydrogen (secondary N) is 2. The van der Waals surface area contributed by atoms with Crippen LogP contribution in [0.5, 0.6) is 0 Å². The first kappa shape index (κ1) is 19.9. The topological polar surface area (TPSA) is 75.3 Å². The molecule has 0 atom stereocenters. The van der Waals surface area contributed by atoms with Crippen LogP contribution in [0.3, 0.4) is 0 Å². The van der Waals surface area contributed by atoms with E-state index in [1.54, 1.807) is 12.1 Å². The average molecular weight is 482 g/mol. The number of halogens is 2. The zero-order valence-electron chi connectivity index (χ0n) is 13.4. The molecule has 0 heterocycles. The van der Waals surface area contributed by atoms with Crippen LogP contribution in [0.1, 0.15) is 44.9 Å². The van der Waals surface area contributed by atoms with Gasteiger partial charge in [0, 0.05) is 28.0 Å². The van der Waals surface area contributed by atoms with E-state index in [-0.39, 0.29) is 29.8 Å². The minimum Gasteiger partial charge on any atom is -0.353 e. The number of amides is 1. The Morgan fingerprint density at radius 1 is 1.12 bits per heavy atom. The third-order valence-electron chi connectivity index (χ3n) is 4.05. The van der Waals surface area contributed by atoms with Crippen LogP contribution in [0, 0.1) is 0 Å². The molecule has 134 valence electrons. The van der Waals surface area contributed by atoms with Gasteiger partial charge in [-0.05, 0) is 47.0 Å². The Hall–Kier alpha value is -0.440. The molecule has 0 aromatic heterocycles. The molecule has 8 heteroatoms. The van der Waals surface area contributed by atoms with Gasteiger partial charge in [0.2, 0.25) is 15.9 Å². The molecule has 0 saturated heterocycles. The largest absolute Gasteiger partial charge is 0.353 e. The molecule has 0 unspecified atom stereocenters. The lowest BCUT2D eigenvalue weighted by Gasteiger charge is -2.16. The Kier molecular flexibility index (Phi) is 7.71. The zero-order chi connectivity index (χ0) is 17.6. The SMILES string of the molecule is O=C(CCNS(=O)(=O)c1cc(Br)ccc1Br)NC1CCCCCC1. The minimum absolute atomic E-state index is 0.0832. The van der Waals surface area contributed by atoms with Crippen LogP contribution in [0.15, 0.2) is 32.0 Å². The van der Waals surface area contributed by atoms with Crippen LogP contribution >= 0.6 is 31.9 Å². The molecule has 1 aromatic carbocycles. The van der Waals surface area contributed by atoms with Crippen LogP contribution in [-0.4, -0.2) is 26.9 Å². The molecular weight excluding hydrogens is 460 g/mol. The maximum Gasteiger partial charge on any atom is 0.241 e. The molecule has 1 amide bonds. The second kappa shape index (κ2) is 9.31. The first-order chi connectivity index (χ1) is 11.4. The van der Waals surface area contributed by atoms with Gasteiger partial charge in [-0.25, -0.2) is 13.1 Å². The maximum absolute atomic E-state index is 12.3. The van der Waals surface area contributed by atoms with E-state index < -0.39 is 10.0 Å². The highest BCUT2D eigenvalue weighted by molar-refractivity contribution is 9.11. The van der Waals surface area contributed by atoms with Crippen molar-refractivity contribution >= 4 is 47.8 Å². The van der Waals surface area contributed by atoms with E-state index in [4.69, 9.17) is 0 Å². The highest BCUT2D eigenvalue weighted by atomic mass is 79.9. The van der Waals surface area contributed by atoms with Gasteiger partial charge in [-0.3, -0.25) is 4.79 Å². The van der Waals surface area contributed by atoms with Gasteiger partial charge in [0.1, 0.15) is 0 Å². The molecule has 24 heavy (non-hydrogen) atoms. The summed E-state index contributed by atoms with van der Waals surface area (Å²) >= 11 is 6.51. The molecule has 0 radical (unpaired) electrons. The van der Waals surface area contributed by atoms with Crippen molar-refractivity contribution in [2.24, 2.45) is 0 Å². The van der Waals surface area contributed by atoms with Crippen molar-refractivity contribution in [1.29, 1.82) is 0 Å². The third-order valence-corrected chi connectivity index (χ3v) is 7.00. The third kappa shape index (κ3) is 6.13. The van der Waals surface area contributed by atoms with Gasteiger partial charge in [0.25, 0.3) is 0 Å². The monoisotopic (exact) mass is 480 g/mol. The van der Waals surface area contributed by atoms with Crippen LogP contribution in [0.25, 0.3) is 0 Å². The average Bonchev–Trinajstić information content (AvgIpc) is 2.78. The molecular formula is C16H22Br2N2O3S. The molecule has 2 rings (SSSR count). The molecule has 0 aliphatic heterocycles. The highest BCUT2D eigenvalue weighted by Crippen LogP contribution is 2.25. The predicted molar refractivity (Wildman–Crippen MR) is 101 cm³/mol. The quantitative estimate of drug-likeness (QED) is 0.608. The fourth-order valence-corrected chi connectivity index (χ4v) is 5.32. The van der Waals surface area contributed by atoms with E-state index in [0.29, 0.717) is 8.95 Å². The molecule has 1 saturated carbocycles.